The van der Waals surface area contributed by atoms with Crippen molar-refractivity contribution in [2.45, 2.75) is 20.2 Å². The monoisotopic (exact) mass is 247 g/mol. The van der Waals surface area contributed by atoms with Gasteiger partial charge in [0.1, 0.15) is 0 Å². The molecule has 0 heterocycles. The van der Waals surface area contributed by atoms with Gasteiger partial charge in [-0.1, -0.05) is 26.0 Å². The fraction of sp³-hybridized carbons (Fsp3) is 0.364. The van der Waals surface area contributed by atoms with Gasteiger partial charge in [0, 0.05) is 5.92 Å². The molecule has 0 unspecified atom stereocenters. The van der Waals surface area contributed by atoms with Crippen LogP contribution in [-0.2, 0) is 4.79 Å². The van der Waals surface area contributed by atoms with E-state index >= 15 is 0 Å². The van der Waals surface area contributed by atoms with Crippen molar-refractivity contribution in [2.75, 3.05) is 5.32 Å². The molecule has 0 aliphatic carbocycles. The third-order valence-corrected chi connectivity index (χ3v) is 1.89. The molecule has 0 aliphatic rings. The third kappa shape index (κ3) is 4.34. The summed E-state index contributed by atoms with van der Waals surface area (Å²) in [7, 11) is 0. The van der Waals surface area contributed by atoms with Crippen LogP contribution < -0.4 is 10.1 Å². The van der Waals surface area contributed by atoms with Crippen molar-refractivity contribution >= 4 is 11.6 Å². The molecule has 0 bridgehead atoms. The first-order chi connectivity index (χ1) is 7.79. The average molecular weight is 247 g/mol. The maximum absolute atomic E-state index is 12.1. The van der Waals surface area contributed by atoms with Crippen LogP contribution in [0.3, 0.4) is 0 Å². The summed E-state index contributed by atoms with van der Waals surface area (Å²) in [6.07, 6.45) is -4.78. The Morgan fingerprint density at radius 3 is 2.41 bits per heavy atom. The maximum Gasteiger partial charge on any atom is 0.573 e. The number of carbonyl (C=O) groups excluding carboxylic acids is 1. The molecule has 3 nitrogen and oxygen atoms in total. The number of alkyl halides is 3. The van der Waals surface area contributed by atoms with E-state index in [0.29, 0.717) is 0 Å². The van der Waals surface area contributed by atoms with Gasteiger partial charge in [-0.05, 0) is 12.1 Å². The lowest BCUT2D eigenvalue weighted by atomic mass is 10.2. The van der Waals surface area contributed by atoms with Crippen molar-refractivity contribution in [3.05, 3.63) is 24.3 Å². The van der Waals surface area contributed by atoms with Crippen molar-refractivity contribution in [2.24, 2.45) is 5.92 Å². The molecule has 0 aliphatic heterocycles. The zero-order valence-corrected chi connectivity index (χ0v) is 9.34. The number of benzene rings is 1. The van der Waals surface area contributed by atoms with E-state index in [1.165, 1.54) is 18.2 Å². The zero-order valence-electron chi connectivity index (χ0n) is 9.34. The van der Waals surface area contributed by atoms with Gasteiger partial charge >= 0.3 is 6.36 Å². The molecule has 1 aromatic rings. The van der Waals surface area contributed by atoms with Gasteiger partial charge in [0.2, 0.25) is 5.91 Å². The highest BCUT2D eigenvalue weighted by molar-refractivity contribution is 5.93. The molecule has 1 N–H and O–H groups in total. The Labute approximate surface area is 96.6 Å². The van der Waals surface area contributed by atoms with Crippen LogP contribution in [0.4, 0.5) is 18.9 Å². The van der Waals surface area contributed by atoms with E-state index in [1.807, 2.05) is 0 Å². The van der Waals surface area contributed by atoms with Gasteiger partial charge in [-0.15, -0.1) is 13.2 Å². The highest BCUT2D eigenvalue weighted by Crippen LogP contribution is 2.30. The SMILES string of the molecule is CC(C)C(=O)Nc1ccccc1OC(F)(F)F. The minimum atomic E-state index is -4.78. The van der Waals surface area contributed by atoms with Crippen molar-refractivity contribution in [3.8, 4) is 5.75 Å². The van der Waals surface area contributed by atoms with E-state index in [1.54, 1.807) is 13.8 Å². The molecule has 6 heteroatoms. The van der Waals surface area contributed by atoms with Gasteiger partial charge in [-0.25, -0.2) is 0 Å². The van der Waals surface area contributed by atoms with E-state index in [4.69, 9.17) is 0 Å². The molecule has 0 saturated carbocycles. The summed E-state index contributed by atoms with van der Waals surface area (Å²) in [5.74, 6) is -1.12. The molecule has 1 aromatic carbocycles. The van der Waals surface area contributed by atoms with Gasteiger partial charge in [0.15, 0.2) is 5.75 Å². The first-order valence-electron chi connectivity index (χ1n) is 4.95. The van der Waals surface area contributed by atoms with Crippen LogP contribution in [0.5, 0.6) is 5.75 Å². The van der Waals surface area contributed by atoms with Crippen molar-refractivity contribution in [3.63, 3.8) is 0 Å². The molecule has 0 spiro atoms. The Balaban J connectivity index is 2.89. The molecule has 1 rings (SSSR count). The number of anilines is 1. The Hall–Kier alpha value is -1.72. The lowest BCUT2D eigenvalue weighted by Gasteiger charge is -2.14. The van der Waals surface area contributed by atoms with Crippen LogP contribution in [0, 0.1) is 5.92 Å². The number of nitrogens with one attached hydrogen (secondary N) is 1. The summed E-state index contributed by atoms with van der Waals surface area (Å²) in [5.41, 5.74) is 0.00326. The average Bonchev–Trinajstić information content (AvgIpc) is 2.18. The van der Waals surface area contributed by atoms with Crippen LogP contribution in [0.15, 0.2) is 24.3 Å². The minimum absolute atomic E-state index is 0.00326. The van der Waals surface area contributed by atoms with E-state index in [2.05, 4.69) is 10.1 Å². The summed E-state index contributed by atoms with van der Waals surface area (Å²) in [4.78, 5) is 11.4. The topological polar surface area (TPSA) is 38.3 Å². The lowest BCUT2D eigenvalue weighted by molar-refractivity contribution is -0.274. The fourth-order valence-corrected chi connectivity index (χ4v) is 1.06. The molecular formula is C11H12F3NO2. The number of halogens is 3. The second kappa shape index (κ2) is 5.07. The summed E-state index contributed by atoms with van der Waals surface area (Å²) >= 11 is 0. The van der Waals surface area contributed by atoms with E-state index < -0.39 is 12.1 Å². The molecule has 0 atom stereocenters. The van der Waals surface area contributed by atoms with Gasteiger partial charge in [-0.2, -0.15) is 0 Å². The summed E-state index contributed by atoms with van der Waals surface area (Å²) in [6.45, 7) is 3.28. The number of rotatable bonds is 3. The van der Waals surface area contributed by atoms with E-state index in [0.717, 1.165) is 6.07 Å². The summed E-state index contributed by atoms with van der Waals surface area (Å²) in [6, 6.07) is 5.40. The first kappa shape index (κ1) is 13.3. The Morgan fingerprint density at radius 1 is 1.29 bits per heavy atom. The Morgan fingerprint density at radius 2 is 1.88 bits per heavy atom. The fourth-order valence-electron chi connectivity index (χ4n) is 1.06. The lowest BCUT2D eigenvalue weighted by Crippen LogP contribution is -2.21. The number of hydrogen-bond donors (Lipinski definition) is 1. The molecule has 0 aromatic heterocycles. The largest absolute Gasteiger partial charge is 0.573 e. The number of hydrogen-bond acceptors (Lipinski definition) is 2. The second-order valence-corrected chi connectivity index (χ2v) is 3.69. The van der Waals surface area contributed by atoms with E-state index in [9.17, 15) is 18.0 Å². The predicted molar refractivity (Wildman–Crippen MR) is 56.6 cm³/mol. The van der Waals surface area contributed by atoms with Crippen molar-refractivity contribution in [1.29, 1.82) is 0 Å². The normalized spacial score (nSPS) is 11.4. The Kier molecular flexibility index (Phi) is 3.98. The van der Waals surface area contributed by atoms with E-state index in [-0.39, 0.29) is 17.5 Å². The number of amides is 1. The van der Waals surface area contributed by atoms with Crippen LogP contribution in [0.25, 0.3) is 0 Å². The van der Waals surface area contributed by atoms with Gasteiger partial charge < -0.3 is 10.1 Å². The van der Waals surface area contributed by atoms with Gasteiger partial charge in [0.05, 0.1) is 5.69 Å². The zero-order chi connectivity index (χ0) is 13.1. The van der Waals surface area contributed by atoms with Crippen LogP contribution in [0.1, 0.15) is 13.8 Å². The molecular weight excluding hydrogens is 235 g/mol. The molecule has 0 fully saturated rings. The van der Waals surface area contributed by atoms with Crippen molar-refractivity contribution in [1.82, 2.24) is 0 Å². The number of ether oxygens (including phenoxy) is 1. The highest BCUT2D eigenvalue weighted by Gasteiger charge is 2.32. The molecule has 17 heavy (non-hydrogen) atoms. The minimum Gasteiger partial charge on any atom is -0.404 e. The maximum atomic E-state index is 12.1. The first-order valence-corrected chi connectivity index (χ1v) is 4.95. The predicted octanol–water partition coefficient (Wildman–Crippen LogP) is 3.18. The second-order valence-electron chi connectivity index (χ2n) is 3.69. The van der Waals surface area contributed by atoms with Crippen LogP contribution >= 0.6 is 0 Å². The van der Waals surface area contributed by atoms with Crippen molar-refractivity contribution < 1.29 is 22.7 Å². The number of para-hydroxylation sites is 2. The smallest absolute Gasteiger partial charge is 0.404 e. The Bertz CT molecular complexity index is 402. The quantitative estimate of drug-likeness (QED) is 0.890. The molecule has 1 amide bonds. The third-order valence-electron chi connectivity index (χ3n) is 1.89. The molecule has 0 radical (unpaired) electrons. The van der Waals surface area contributed by atoms with Gasteiger partial charge in [-0.3, -0.25) is 4.79 Å². The molecule has 0 saturated heterocycles. The number of carbonyl (C=O) groups is 1. The van der Waals surface area contributed by atoms with Crippen LogP contribution in [-0.4, -0.2) is 12.3 Å². The summed E-state index contributed by atoms with van der Waals surface area (Å²) < 4.78 is 40.0. The van der Waals surface area contributed by atoms with Crippen LogP contribution in [0.2, 0.25) is 0 Å². The highest BCUT2D eigenvalue weighted by atomic mass is 19.4. The van der Waals surface area contributed by atoms with Gasteiger partial charge in [0.25, 0.3) is 0 Å². The summed E-state index contributed by atoms with van der Waals surface area (Å²) in [5, 5.41) is 2.37. The standard InChI is InChI=1S/C11H12F3NO2/c1-7(2)10(16)15-8-5-3-4-6-9(8)17-11(12,13)14/h3-7H,1-2H3,(H,15,16). The molecule has 94 valence electrons.